The van der Waals surface area contributed by atoms with Crippen molar-refractivity contribution in [2.24, 2.45) is 0 Å². The van der Waals surface area contributed by atoms with E-state index in [-0.39, 0.29) is 16.1 Å². The van der Waals surface area contributed by atoms with Crippen LogP contribution in [0.2, 0.25) is 0 Å². The number of aromatic nitrogens is 1. The smallest absolute Gasteiger partial charge is 0.262 e. The monoisotopic (exact) mass is 306 g/mol. The Labute approximate surface area is 121 Å². The molecule has 0 amide bonds. The second kappa shape index (κ2) is 5.76. The van der Waals surface area contributed by atoms with Gasteiger partial charge in [0.05, 0.1) is 10.6 Å². The third-order valence-corrected chi connectivity index (χ3v) is 4.03. The summed E-state index contributed by atoms with van der Waals surface area (Å²) in [4.78, 5) is 3.86. The van der Waals surface area contributed by atoms with E-state index in [1.165, 1.54) is 30.5 Å². The van der Waals surface area contributed by atoms with Crippen molar-refractivity contribution in [1.29, 1.82) is 5.26 Å². The van der Waals surface area contributed by atoms with Gasteiger partial charge >= 0.3 is 0 Å². The molecular weight excluding hydrogens is 295 g/mol. The van der Waals surface area contributed by atoms with Crippen molar-refractivity contribution in [3.63, 3.8) is 0 Å². The summed E-state index contributed by atoms with van der Waals surface area (Å²) in [5.41, 5.74) is -0.468. The maximum Gasteiger partial charge on any atom is 0.262 e. The fourth-order valence-corrected chi connectivity index (χ4v) is 2.73. The van der Waals surface area contributed by atoms with Crippen LogP contribution in [0.4, 0.5) is 15.9 Å². The Kier molecular flexibility index (Phi) is 4.05. The van der Waals surface area contributed by atoms with Crippen LogP contribution in [0.5, 0.6) is 0 Å². The van der Waals surface area contributed by atoms with E-state index >= 15 is 0 Å². The molecule has 0 unspecified atom stereocenters. The summed E-state index contributed by atoms with van der Waals surface area (Å²) >= 11 is 0. The van der Waals surface area contributed by atoms with Crippen LogP contribution < -0.4 is 10.0 Å². The normalized spacial score (nSPS) is 10.7. The third-order valence-electron chi connectivity index (χ3n) is 2.67. The molecule has 1 aromatic carbocycles. The molecule has 0 bridgehead atoms. The summed E-state index contributed by atoms with van der Waals surface area (Å²) in [5, 5.41) is 11.6. The molecule has 108 valence electrons. The van der Waals surface area contributed by atoms with Gasteiger partial charge < -0.3 is 5.32 Å². The molecule has 1 aromatic heterocycles. The highest BCUT2D eigenvalue weighted by Crippen LogP contribution is 2.22. The highest BCUT2D eigenvalue weighted by atomic mass is 32.2. The third kappa shape index (κ3) is 3.09. The molecule has 0 aliphatic rings. The maximum atomic E-state index is 13.5. The predicted octanol–water partition coefficient (Wildman–Crippen LogP) is 1.93. The Morgan fingerprint density at radius 1 is 1.33 bits per heavy atom. The van der Waals surface area contributed by atoms with E-state index in [4.69, 9.17) is 5.26 Å². The minimum atomic E-state index is -3.94. The second-order valence-corrected chi connectivity index (χ2v) is 5.69. The van der Waals surface area contributed by atoms with Gasteiger partial charge in [0.25, 0.3) is 10.0 Å². The molecule has 2 N–H and O–H groups in total. The number of hydrogen-bond donors (Lipinski definition) is 2. The first-order chi connectivity index (χ1) is 9.97. The van der Waals surface area contributed by atoms with Crippen LogP contribution in [0.15, 0.2) is 41.4 Å². The molecule has 6 nitrogen and oxygen atoms in total. The standard InChI is InChI=1S/C13H11FN4O2S/c1-16-13-7-9(5-6-17-13)21(19,20)18-12-4-2-3-11(14)10(12)8-15/h2-7,18H,1H3,(H,16,17). The van der Waals surface area contributed by atoms with Gasteiger partial charge in [-0.3, -0.25) is 4.72 Å². The van der Waals surface area contributed by atoms with Gasteiger partial charge in [-0.15, -0.1) is 0 Å². The number of rotatable bonds is 4. The number of benzene rings is 1. The number of nitrogens with zero attached hydrogens (tertiary/aromatic N) is 2. The lowest BCUT2D eigenvalue weighted by Gasteiger charge is -2.10. The molecule has 0 aliphatic carbocycles. The molecule has 0 aliphatic heterocycles. The van der Waals surface area contributed by atoms with Crippen LogP contribution in [0.3, 0.4) is 0 Å². The van der Waals surface area contributed by atoms with E-state index in [1.54, 1.807) is 13.1 Å². The molecule has 0 atom stereocenters. The molecule has 21 heavy (non-hydrogen) atoms. The quantitative estimate of drug-likeness (QED) is 0.900. The Balaban J connectivity index is 2.43. The second-order valence-electron chi connectivity index (χ2n) is 4.01. The number of halogens is 1. The minimum Gasteiger partial charge on any atom is -0.373 e. The van der Waals surface area contributed by atoms with E-state index in [1.807, 2.05) is 0 Å². The molecule has 0 spiro atoms. The van der Waals surface area contributed by atoms with E-state index in [9.17, 15) is 12.8 Å². The van der Waals surface area contributed by atoms with Crippen LogP contribution in [0.25, 0.3) is 0 Å². The summed E-state index contributed by atoms with van der Waals surface area (Å²) in [6.45, 7) is 0. The first-order valence-electron chi connectivity index (χ1n) is 5.83. The van der Waals surface area contributed by atoms with E-state index in [0.717, 1.165) is 6.07 Å². The predicted molar refractivity (Wildman–Crippen MR) is 75.7 cm³/mol. The molecule has 2 rings (SSSR count). The van der Waals surface area contributed by atoms with Crippen molar-refractivity contribution in [1.82, 2.24) is 4.98 Å². The molecule has 1 heterocycles. The summed E-state index contributed by atoms with van der Waals surface area (Å²) in [6.07, 6.45) is 1.33. The Morgan fingerprint density at radius 3 is 2.76 bits per heavy atom. The molecule has 2 aromatic rings. The zero-order valence-corrected chi connectivity index (χ0v) is 11.8. The molecule has 8 heteroatoms. The highest BCUT2D eigenvalue weighted by molar-refractivity contribution is 7.92. The Hall–Kier alpha value is -2.66. The van der Waals surface area contributed by atoms with Crippen molar-refractivity contribution in [3.8, 4) is 6.07 Å². The van der Waals surface area contributed by atoms with Gasteiger partial charge in [-0.2, -0.15) is 5.26 Å². The Bertz CT molecular complexity index is 815. The zero-order valence-electron chi connectivity index (χ0n) is 11.0. The number of sulfonamides is 1. The number of nitrogens with one attached hydrogen (secondary N) is 2. The lowest BCUT2D eigenvalue weighted by molar-refractivity contribution is 0.601. The minimum absolute atomic E-state index is 0.0463. The van der Waals surface area contributed by atoms with Crippen molar-refractivity contribution >= 4 is 21.5 Å². The lowest BCUT2D eigenvalue weighted by Crippen LogP contribution is -2.14. The highest BCUT2D eigenvalue weighted by Gasteiger charge is 2.18. The molecule has 0 saturated carbocycles. The van der Waals surface area contributed by atoms with Gasteiger partial charge in [0.15, 0.2) is 0 Å². The largest absolute Gasteiger partial charge is 0.373 e. The van der Waals surface area contributed by atoms with Crippen LogP contribution in [0.1, 0.15) is 5.56 Å². The summed E-state index contributed by atoms with van der Waals surface area (Å²) < 4.78 is 40.2. The summed E-state index contributed by atoms with van der Waals surface area (Å²) in [6, 6.07) is 7.98. The van der Waals surface area contributed by atoms with Crippen LogP contribution in [-0.2, 0) is 10.0 Å². The summed E-state index contributed by atoms with van der Waals surface area (Å²) in [7, 11) is -2.34. The number of pyridine rings is 1. The molecule has 0 saturated heterocycles. The Morgan fingerprint density at radius 2 is 2.10 bits per heavy atom. The SMILES string of the molecule is CNc1cc(S(=O)(=O)Nc2cccc(F)c2C#N)ccn1. The van der Waals surface area contributed by atoms with E-state index in [2.05, 4.69) is 15.0 Å². The fraction of sp³-hybridized carbons (Fsp3) is 0.0769. The van der Waals surface area contributed by atoms with Crippen LogP contribution in [-0.4, -0.2) is 20.4 Å². The van der Waals surface area contributed by atoms with Gasteiger partial charge in [0.2, 0.25) is 0 Å². The van der Waals surface area contributed by atoms with Crippen molar-refractivity contribution in [3.05, 3.63) is 47.9 Å². The van der Waals surface area contributed by atoms with Crippen molar-refractivity contribution in [2.75, 3.05) is 17.1 Å². The topological polar surface area (TPSA) is 94.9 Å². The summed E-state index contributed by atoms with van der Waals surface area (Å²) in [5.74, 6) is -0.416. The number of anilines is 2. The van der Waals surface area contributed by atoms with Gasteiger partial charge in [-0.1, -0.05) is 6.07 Å². The first kappa shape index (κ1) is 14.7. The van der Waals surface area contributed by atoms with Gasteiger partial charge in [-0.05, 0) is 18.2 Å². The van der Waals surface area contributed by atoms with Gasteiger partial charge in [0, 0.05) is 19.3 Å². The van der Waals surface area contributed by atoms with E-state index < -0.39 is 15.8 Å². The number of nitriles is 1. The zero-order chi connectivity index (χ0) is 15.5. The van der Waals surface area contributed by atoms with Gasteiger partial charge in [0.1, 0.15) is 23.3 Å². The number of hydrogen-bond acceptors (Lipinski definition) is 5. The molecule has 0 fully saturated rings. The van der Waals surface area contributed by atoms with E-state index in [0.29, 0.717) is 5.82 Å². The molecular formula is C13H11FN4O2S. The van der Waals surface area contributed by atoms with Crippen molar-refractivity contribution in [2.45, 2.75) is 4.90 Å². The van der Waals surface area contributed by atoms with Crippen LogP contribution in [0, 0.1) is 17.1 Å². The fourth-order valence-electron chi connectivity index (χ4n) is 1.64. The maximum absolute atomic E-state index is 13.5. The van der Waals surface area contributed by atoms with Gasteiger partial charge in [-0.25, -0.2) is 17.8 Å². The average molecular weight is 306 g/mol. The van der Waals surface area contributed by atoms with Crippen LogP contribution >= 0.6 is 0 Å². The average Bonchev–Trinajstić information content (AvgIpc) is 2.47. The lowest BCUT2D eigenvalue weighted by atomic mass is 10.2. The molecule has 0 radical (unpaired) electrons. The van der Waals surface area contributed by atoms with Crippen molar-refractivity contribution < 1.29 is 12.8 Å². The first-order valence-corrected chi connectivity index (χ1v) is 7.31.